The molecule has 0 atom stereocenters. The van der Waals surface area contributed by atoms with Gasteiger partial charge in [-0.05, 0) is 24.6 Å². The van der Waals surface area contributed by atoms with E-state index in [0.717, 1.165) is 12.3 Å². The van der Waals surface area contributed by atoms with Crippen molar-refractivity contribution in [1.29, 1.82) is 5.26 Å². The Morgan fingerprint density at radius 2 is 1.90 bits per heavy atom. The predicted octanol–water partition coefficient (Wildman–Crippen LogP) is 3.48. The van der Waals surface area contributed by atoms with Crippen molar-refractivity contribution in [3.63, 3.8) is 0 Å². The number of halogens is 4. The third-order valence-electron chi connectivity index (χ3n) is 2.57. The molecule has 102 valence electrons. The van der Waals surface area contributed by atoms with E-state index in [9.17, 15) is 17.6 Å². The molecular formula is C13H7F4N3. The third kappa shape index (κ3) is 2.74. The van der Waals surface area contributed by atoms with Crippen LogP contribution >= 0.6 is 0 Å². The lowest BCUT2D eigenvalue weighted by molar-refractivity contribution is -0.141. The first kappa shape index (κ1) is 13.9. The minimum atomic E-state index is -4.55. The van der Waals surface area contributed by atoms with Crippen LogP contribution in [0.15, 0.2) is 24.4 Å². The Morgan fingerprint density at radius 1 is 1.20 bits per heavy atom. The zero-order chi connectivity index (χ0) is 14.9. The summed E-state index contributed by atoms with van der Waals surface area (Å²) in [6, 6.07) is 5.18. The van der Waals surface area contributed by atoms with Crippen molar-refractivity contribution in [2.24, 2.45) is 0 Å². The highest BCUT2D eigenvalue weighted by molar-refractivity contribution is 5.61. The minimum absolute atomic E-state index is 0.0325. The first-order valence-electron chi connectivity index (χ1n) is 5.43. The maximum absolute atomic E-state index is 13.2. The summed E-state index contributed by atoms with van der Waals surface area (Å²) in [6.07, 6.45) is -3.59. The summed E-state index contributed by atoms with van der Waals surface area (Å²) in [5, 5.41) is 8.73. The molecule has 0 saturated heterocycles. The van der Waals surface area contributed by atoms with Gasteiger partial charge < -0.3 is 0 Å². The molecule has 0 aliphatic rings. The topological polar surface area (TPSA) is 49.6 Å². The first-order valence-corrected chi connectivity index (χ1v) is 5.43. The Labute approximate surface area is 111 Å². The molecule has 0 aromatic carbocycles. The summed E-state index contributed by atoms with van der Waals surface area (Å²) in [5.41, 5.74) is -0.792. The van der Waals surface area contributed by atoms with Gasteiger partial charge in [-0.25, -0.2) is 4.98 Å². The molecule has 2 rings (SSSR count). The molecule has 0 N–H and O–H groups in total. The molecule has 0 fully saturated rings. The SMILES string of the molecule is Cc1cc(-c2cc(C#N)cc(F)n2)cnc1C(F)(F)F. The molecule has 0 radical (unpaired) electrons. The largest absolute Gasteiger partial charge is 0.433 e. The number of hydrogen-bond acceptors (Lipinski definition) is 3. The Kier molecular flexibility index (Phi) is 3.40. The number of pyridine rings is 2. The van der Waals surface area contributed by atoms with E-state index in [1.165, 1.54) is 19.1 Å². The van der Waals surface area contributed by atoms with Gasteiger partial charge in [0.1, 0.15) is 5.69 Å². The van der Waals surface area contributed by atoms with Crippen molar-refractivity contribution in [2.75, 3.05) is 0 Å². The van der Waals surface area contributed by atoms with Crippen molar-refractivity contribution >= 4 is 0 Å². The lowest BCUT2D eigenvalue weighted by Gasteiger charge is -2.10. The lowest BCUT2D eigenvalue weighted by Crippen LogP contribution is -2.10. The van der Waals surface area contributed by atoms with E-state index in [-0.39, 0.29) is 22.4 Å². The normalized spacial score (nSPS) is 11.2. The van der Waals surface area contributed by atoms with E-state index < -0.39 is 17.8 Å². The molecule has 2 heterocycles. The van der Waals surface area contributed by atoms with Crippen molar-refractivity contribution in [3.8, 4) is 17.3 Å². The van der Waals surface area contributed by atoms with Crippen molar-refractivity contribution < 1.29 is 17.6 Å². The molecule has 7 heteroatoms. The van der Waals surface area contributed by atoms with Gasteiger partial charge in [0.25, 0.3) is 0 Å². The fourth-order valence-electron chi connectivity index (χ4n) is 1.72. The number of nitriles is 1. The molecule has 0 spiro atoms. The van der Waals surface area contributed by atoms with Crippen LogP contribution in [0.25, 0.3) is 11.3 Å². The Bertz CT molecular complexity index is 702. The van der Waals surface area contributed by atoms with Gasteiger partial charge in [0.2, 0.25) is 5.95 Å². The van der Waals surface area contributed by atoms with Crippen molar-refractivity contribution in [2.45, 2.75) is 13.1 Å². The molecule has 0 amide bonds. The zero-order valence-electron chi connectivity index (χ0n) is 10.2. The van der Waals surface area contributed by atoms with Crippen LogP contribution in [0, 0.1) is 24.2 Å². The van der Waals surface area contributed by atoms with E-state index in [0.29, 0.717) is 0 Å². The summed E-state index contributed by atoms with van der Waals surface area (Å²) in [7, 11) is 0. The maximum Gasteiger partial charge on any atom is 0.433 e. The standard InChI is InChI=1S/C13H7F4N3/c1-7-2-9(6-19-12(7)13(15,16)17)10-3-8(5-18)4-11(14)20-10/h2-4,6H,1H3. The lowest BCUT2D eigenvalue weighted by atomic mass is 10.1. The van der Waals surface area contributed by atoms with E-state index in [1.807, 2.05) is 0 Å². The van der Waals surface area contributed by atoms with Crippen LogP contribution < -0.4 is 0 Å². The summed E-state index contributed by atoms with van der Waals surface area (Å²) in [4.78, 5) is 6.89. The van der Waals surface area contributed by atoms with Gasteiger partial charge in [-0.15, -0.1) is 0 Å². The predicted molar refractivity (Wildman–Crippen MR) is 61.9 cm³/mol. The highest BCUT2D eigenvalue weighted by atomic mass is 19.4. The van der Waals surface area contributed by atoms with Crippen LogP contribution in [0.5, 0.6) is 0 Å². The zero-order valence-corrected chi connectivity index (χ0v) is 10.2. The molecular weight excluding hydrogens is 274 g/mol. The highest BCUT2D eigenvalue weighted by Gasteiger charge is 2.34. The average Bonchev–Trinajstić information content (AvgIpc) is 2.36. The second kappa shape index (κ2) is 4.89. The van der Waals surface area contributed by atoms with Gasteiger partial charge in [-0.3, -0.25) is 4.98 Å². The van der Waals surface area contributed by atoms with Crippen LogP contribution in [0.1, 0.15) is 16.8 Å². The molecule has 2 aromatic rings. The van der Waals surface area contributed by atoms with E-state index in [1.54, 1.807) is 6.07 Å². The van der Waals surface area contributed by atoms with Crippen LogP contribution in [0.4, 0.5) is 17.6 Å². The van der Waals surface area contributed by atoms with Gasteiger partial charge in [0.05, 0.1) is 17.3 Å². The van der Waals surface area contributed by atoms with Crippen molar-refractivity contribution in [3.05, 3.63) is 47.2 Å². The molecule has 0 aliphatic carbocycles. The number of aryl methyl sites for hydroxylation is 1. The Balaban J connectivity index is 2.53. The highest BCUT2D eigenvalue weighted by Crippen LogP contribution is 2.31. The molecule has 20 heavy (non-hydrogen) atoms. The monoisotopic (exact) mass is 281 g/mol. The number of alkyl halides is 3. The van der Waals surface area contributed by atoms with E-state index in [2.05, 4.69) is 9.97 Å². The van der Waals surface area contributed by atoms with Crippen LogP contribution in [0.3, 0.4) is 0 Å². The maximum atomic E-state index is 13.2. The third-order valence-corrected chi connectivity index (χ3v) is 2.57. The van der Waals surface area contributed by atoms with Gasteiger partial charge in [0.15, 0.2) is 0 Å². The minimum Gasteiger partial charge on any atom is -0.251 e. The number of hydrogen-bond donors (Lipinski definition) is 0. The van der Waals surface area contributed by atoms with Gasteiger partial charge in [-0.2, -0.15) is 22.8 Å². The summed E-state index contributed by atoms with van der Waals surface area (Å²) in [6.45, 7) is 1.25. The van der Waals surface area contributed by atoms with Gasteiger partial charge in [-0.1, -0.05) is 0 Å². The summed E-state index contributed by atoms with van der Waals surface area (Å²) in [5.74, 6) is -0.878. The van der Waals surface area contributed by atoms with Crippen molar-refractivity contribution in [1.82, 2.24) is 9.97 Å². The molecule has 0 aliphatic heterocycles. The molecule has 0 saturated carbocycles. The number of nitrogens with zero attached hydrogens (tertiary/aromatic N) is 3. The second-order valence-corrected chi connectivity index (χ2v) is 4.06. The van der Waals surface area contributed by atoms with Crippen LogP contribution in [0.2, 0.25) is 0 Å². The second-order valence-electron chi connectivity index (χ2n) is 4.06. The van der Waals surface area contributed by atoms with E-state index in [4.69, 9.17) is 5.26 Å². The number of aromatic nitrogens is 2. The fourth-order valence-corrected chi connectivity index (χ4v) is 1.72. The number of rotatable bonds is 1. The first-order chi connectivity index (χ1) is 9.31. The Hall–Kier alpha value is -2.49. The molecule has 2 aromatic heterocycles. The fraction of sp³-hybridized carbons (Fsp3) is 0.154. The van der Waals surface area contributed by atoms with Gasteiger partial charge in [0, 0.05) is 17.8 Å². The van der Waals surface area contributed by atoms with Crippen LogP contribution in [-0.2, 0) is 6.18 Å². The summed E-state index contributed by atoms with van der Waals surface area (Å²) >= 11 is 0. The smallest absolute Gasteiger partial charge is 0.251 e. The van der Waals surface area contributed by atoms with E-state index >= 15 is 0 Å². The molecule has 3 nitrogen and oxygen atoms in total. The molecule has 0 unspecified atom stereocenters. The summed E-state index contributed by atoms with van der Waals surface area (Å²) < 4.78 is 51.0. The molecule has 0 bridgehead atoms. The quantitative estimate of drug-likeness (QED) is 0.594. The van der Waals surface area contributed by atoms with Crippen LogP contribution in [-0.4, -0.2) is 9.97 Å². The van der Waals surface area contributed by atoms with Gasteiger partial charge >= 0.3 is 6.18 Å². The average molecular weight is 281 g/mol. The Morgan fingerprint density at radius 3 is 2.45 bits per heavy atom.